The Morgan fingerprint density at radius 1 is 1.22 bits per heavy atom. The van der Waals surface area contributed by atoms with Crippen LogP contribution in [0.2, 0.25) is 0 Å². The van der Waals surface area contributed by atoms with Gasteiger partial charge in [-0.2, -0.15) is 0 Å². The maximum atomic E-state index is 12.8. The van der Waals surface area contributed by atoms with Crippen LogP contribution in [0.3, 0.4) is 0 Å². The predicted octanol–water partition coefficient (Wildman–Crippen LogP) is 1.24. The van der Waals surface area contributed by atoms with E-state index < -0.39 is 0 Å². The van der Waals surface area contributed by atoms with Gasteiger partial charge in [-0.3, -0.25) is 4.79 Å². The zero-order valence-corrected chi connectivity index (χ0v) is 13.2. The molecule has 0 N–H and O–H groups in total. The van der Waals surface area contributed by atoms with Gasteiger partial charge in [-0.05, 0) is 6.07 Å². The van der Waals surface area contributed by atoms with Gasteiger partial charge < -0.3 is 19.1 Å². The molecule has 1 amide bonds. The van der Waals surface area contributed by atoms with E-state index in [1.54, 1.807) is 6.20 Å². The number of aryl methyl sites for hydroxylation is 1. The van der Waals surface area contributed by atoms with Gasteiger partial charge in [-0.15, -0.1) is 0 Å². The Labute approximate surface area is 135 Å². The summed E-state index contributed by atoms with van der Waals surface area (Å²) in [6.07, 6.45) is 3.75. The molecular formula is C17H20N4O2. The number of fused-ring (bicyclic) bond motifs is 1. The van der Waals surface area contributed by atoms with Crippen LogP contribution in [0.5, 0.6) is 5.75 Å². The van der Waals surface area contributed by atoms with Gasteiger partial charge in [-0.25, -0.2) is 4.98 Å². The van der Waals surface area contributed by atoms with Crippen LogP contribution in [0.1, 0.15) is 11.5 Å². The minimum absolute atomic E-state index is 0.161. The van der Waals surface area contributed by atoms with E-state index in [-0.39, 0.29) is 11.8 Å². The molecular weight excluding hydrogens is 292 g/mol. The number of amides is 1. The van der Waals surface area contributed by atoms with Gasteiger partial charge in [0.2, 0.25) is 11.9 Å². The summed E-state index contributed by atoms with van der Waals surface area (Å²) in [5, 5.41) is 0. The first-order valence-electron chi connectivity index (χ1n) is 7.97. The first kappa shape index (κ1) is 14.1. The van der Waals surface area contributed by atoms with Gasteiger partial charge in [0.25, 0.3) is 0 Å². The Morgan fingerprint density at radius 3 is 2.74 bits per heavy atom. The number of carbonyl (C=O) groups excluding carboxylic acids is 1. The standard InChI is InChI=1S/C17H20N4O2/c1-19-7-6-18-17(19)21-10-8-20(9-11-21)16(22)14-12-23-15-5-3-2-4-13(14)15/h2-7,14H,8-12H2,1H3/t14-/m1/s1. The van der Waals surface area contributed by atoms with Gasteiger partial charge in [0.05, 0.1) is 0 Å². The first-order chi connectivity index (χ1) is 11.2. The van der Waals surface area contributed by atoms with E-state index in [0.717, 1.165) is 43.4 Å². The van der Waals surface area contributed by atoms with Crippen molar-refractivity contribution < 1.29 is 9.53 Å². The van der Waals surface area contributed by atoms with E-state index in [1.807, 2.05) is 47.0 Å². The van der Waals surface area contributed by atoms with Crippen molar-refractivity contribution in [3.05, 3.63) is 42.2 Å². The summed E-state index contributed by atoms with van der Waals surface area (Å²) in [7, 11) is 1.99. The van der Waals surface area contributed by atoms with Crippen molar-refractivity contribution in [2.45, 2.75) is 5.92 Å². The number of imidazole rings is 1. The molecule has 0 aliphatic carbocycles. The lowest BCUT2D eigenvalue weighted by molar-refractivity contribution is -0.133. The van der Waals surface area contributed by atoms with Crippen LogP contribution in [-0.2, 0) is 11.8 Å². The molecule has 2 aliphatic heterocycles. The Bertz CT molecular complexity index is 719. The number of piperazine rings is 1. The van der Waals surface area contributed by atoms with Crippen LogP contribution in [-0.4, -0.2) is 53.1 Å². The molecule has 120 valence electrons. The zero-order chi connectivity index (χ0) is 15.8. The molecule has 23 heavy (non-hydrogen) atoms. The minimum Gasteiger partial charge on any atom is -0.492 e. The van der Waals surface area contributed by atoms with Crippen LogP contribution in [0.4, 0.5) is 5.95 Å². The Kier molecular flexibility index (Phi) is 3.44. The number of benzene rings is 1. The number of aromatic nitrogens is 2. The second-order valence-electron chi connectivity index (χ2n) is 6.05. The Morgan fingerprint density at radius 2 is 2.00 bits per heavy atom. The average Bonchev–Trinajstić information content (AvgIpc) is 3.20. The Hall–Kier alpha value is -2.50. The molecule has 0 radical (unpaired) electrons. The second kappa shape index (κ2) is 5.61. The van der Waals surface area contributed by atoms with Crippen molar-refractivity contribution in [2.24, 2.45) is 7.05 Å². The number of para-hydroxylation sites is 1. The largest absolute Gasteiger partial charge is 0.492 e. The normalized spacial score (nSPS) is 20.3. The summed E-state index contributed by atoms with van der Waals surface area (Å²) < 4.78 is 7.66. The molecule has 6 nitrogen and oxygen atoms in total. The van der Waals surface area contributed by atoms with Crippen LogP contribution < -0.4 is 9.64 Å². The number of anilines is 1. The highest BCUT2D eigenvalue weighted by molar-refractivity contribution is 5.85. The third kappa shape index (κ3) is 2.44. The fourth-order valence-electron chi connectivity index (χ4n) is 3.38. The van der Waals surface area contributed by atoms with Crippen molar-refractivity contribution in [3.63, 3.8) is 0 Å². The third-order valence-electron chi connectivity index (χ3n) is 4.67. The molecule has 0 spiro atoms. The molecule has 2 aromatic rings. The number of nitrogens with zero attached hydrogens (tertiary/aromatic N) is 4. The molecule has 0 bridgehead atoms. The van der Waals surface area contributed by atoms with Crippen molar-refractivity contribution in [1.29, 1.82) is 0 Å². The van der Waals surface area contributed by atoms with Crippen molar-refractivity contribution >= 4 is 11.9 Å². The van der Waals surface area contributed by atoms with Gasteiger partial charge in [-0.1, -0.05) is 18.2 Å². The molecule has 6 heteroatoms. The molecule has 0 unspecified atom stereocenters. The van der Waals surface area contributed by atoms with E-state index in [9.17, 15) is 4.79 Å². The molecule has 0 saturated carbocycles. The van der Waals surface area contributed by atoms with Crippen molar-refractivity contribution in [2.75, 3.05) is 37.7 Å². The highest BCUT2D eigenvalue weighted by Gasteiger charge is 2.34. The highest BCUT2D eigenvalue weighted by atomic mass is 16.5. The zero-order valence-electron chi connectivity index (χ0n) is 13.2. The SMILES string of the molecule is Cn1ccnc1N1CCN(C(=O)[C@@H]2COc3ccccc32)CC1. The lowest BCUT2D eigenvalue weighted by Gasteiger charge is -2.36. The summed E-state index contributed by atoms with van der Waals surface area (Å²) >= 11 is 0. The number of carbonyl (C=O) groups is 1. The quantitative estimate of drug-likeness (QED) is 0.837. The average molecular weight is 312 g/mol. The Balaban J connectivity index is 1.43. The highest BCUT2D eigenvalue weighted by Crippen LogP contribution is 2.34. The number of hydrogen-bond acceptors (Lipinski definition) is 4. The lowest BCUT2D eigenvalue weighted by atomic mass is 9.99. The molecule has 1 fully saturated rings. The lowest BCUT2D eigenvalue weighted by Crippen LogP contribution is -2.50. The molecule has 1 aromatic heterocycles. The molecule has 4 rings (SSSR count). The van der Waals surface area contributed by atoms with Crippen LogP contribution >= 0.6 is 0 Å². The van der Waals surface area contributed by atoms with Gasteiger partial charge in [0.15, 0.2) is 0 Å². The van der Waals surface area contributed by atoms with Crippen LogP contribution in [0.15, 0.2) is 36.7 Å². The predicted molar refractivity (Wildman–Crippen MR) is 86.7 cm³/mol. The molecule has 1 atom stereocenters. The van der Waals surface area contributed by atoms with Gasteiger partial charge in [0, 0.05) is 51.2 Å². The number of ether oxygens (including phenoxy) is 1. The second-order valence-corrected chi connectivity index (χ2v) is 6.05. The van der Waals surface area contributed by atoms with E-state index in [2.05, 4.69) is 9.88 Å². The molecule has 3 heterocycles. The monoisotopic (exact) mass is 312 g/mol. The van der Waals surface area contributed by atoms with Crippen LogP contribution in [0, 0.1) is 0 Å². The fourth-order valence-corrected chi connectivity index (χ4v) is 3.38. The van der Waals surface area contributed by atoms with E-state index in [4.69, 9.17) is 4.74 Å². The minimum atomic E-state index is -0.161. The smallest absolute Gasteiger partial charge is 0.233 e. The van der Waals surface area contributed by atoms with Crippen molar-refractivity contribution in [1.82, 2.24) is 14.5 Å². The van der Waals surface area contributed by atoms with E-state index in [0.29, 0.717) is 6.61 Å². The summed E-state index contributed by atoms with van der Waals surface area (Å²) in [6, 6.07) is 7.83. The summed E-state index contributed by atoms with van der Waals surface area (Å²) in [6.45, 7) is 3.53. The maximum absolute atomic E-state index is 12.8. The maximum Gasteiger partial charge on any atom is 0.233 e. The molecule has 1 aromatic carbocycles. The summed E-state index contributed by atoms with van der Waals surface area (Å²) in [4.78, 5) is 21.4. The molecule has 1 saturated heterocycles. The topological polar surface area (TPSA) is 50.6 Å². The molecule has 2 aliphatic rings. The van der Waals surface area contributed by atoms with E-state index >= 15 is 0 Å². The fraction of sp³-hybridized carbons (Fsp3) is 0.412. The van der Waals surface area contributed by atoms with Crippen LogP contribution in [0.25, 0.3) is 0 Å². The van der Waals surface area contributed by atoms with Gasteiger partial charge in [0.1, 0.15) is 18.3 Å². The van der Waals surface area contributed by atoms with Crippen molar-refractivity contribution in [3.8, 4) is 5.75 Å². The first-order valence-corrected chi connectivity index (χ1v) is 7.97. The third-order valence-corrected chi connectivity index (χ3v) is 4.67. The van der Waals surface area contributed by atoms with E-state index in [1.165, 1.54) is 0 Å². The summed E-state index contributed by atoms with van der Waals surface area (Å²) in [5.41, 5.74) is 1.02. The number of hydrogen-bond donors (Lipinski definition) is 0. The number of rotatable bonds is 2. The summed E-state index contributed by atoms with van der Waals surface area (Å²) in [5.74, 6) is 1.82. The van der Waals surface area contributed by atoms with Gasteiger partial charge >= 0.3 is 0 Å².